The highest BCUT2D eigenvalue weighted by Gasteiger charge is 1.89. The predicted molar refractivity (Wildman–Crippen MR) is 50.4 cm³/mol. The van der Waals surface area contributed by atoms with Crippen molar-refractivity contribution in [2.45, 2.75) is 0 Å². The number of thioether (sulfide) groups is 1. The van der Waals surface area contributed by atoms with Crippen molar-refractivity contribution in [3.05, 3.63) is 0 Å². The van der Waals surface area contributed by atoms with Crippen LogP contribution in [-0.2, 0) is 9.47 Å². The number of hydrogen-bond acceptors (Lipinski definition) is 4. The second kappa shape index (κ2) is 11.1. The largest absolute Gasteiger partial charge is 0.378 e. The van der Waals surface area contributed by atoms with E-state index in [1.807, 2.05) is 5.40 Å². The SMILES string of the molecule is N#CSCCOCCOCCCl. The summed E-state index contributed by atoms with van der Waals surface area (Å²) in [5.41, 5.74) is 0. The van der Waals surface area contributed by atoms with Crippen molar-refractivity contribution < 1.29 is 9.47 Å². The minimum absolute atomic E-state index is 0.518. The van der Waals surface area contributed by atoms with Gasteiger partial charge in [0.15, 0.2) is 0 Å². The van der Waals surface area contributed by atoms with Crippen molar-refractivity contribution in [1.29, 1.82) is 5.26 Å². The normalized spacial score (nSPS) is 9.67. The van der Waals surface area contributed by atoms with Crippen LogP contribution in [0.2, 0.25) is 0 Å². The van der Waals surface area contributed by atoms with Gasteiger partial charge in [0.25, 0.3) is 0 Å². The average molecular weight is 210 g/mol. The molecule has 3 nitrogen and oxygen atoms in total. The van der Waals surface area contributed by atoms with Gasteiger partial charge in [-0.05, 0) is 11.8 Å². The molecular formula is C7H12ClNO2S. The number of hydrogen-bond donors (Lipinski definition) is 0. The van der Waals surface area contributed by atoms with Crippen LogP contribution in [0.5, 0.6) is 0 Å². The fourth-order valence-electron chi connectivity index (χ4n) is 0.523. The predicted octanol–water partition coefficient (Wildman–Crippen LogP) is 1.47. The second-order valence-electron chi connectivity index (χ2n) is 1.85. The molecule has 0 aromatic heterocycles. The highest BCUT2D eigenvalue weighted by atomic mass is 35.5. The van der Waals surface area contributed by atoms with E-state index in [1.54, 1.807) is 0 Å². The Morgan fingerprint density at radius 3 is 2.42 bits per heavy atom. The Bertz CT molecular complexity index is 129. The van der Waals surface area contributed by atoms with E-state index in [-0.39, 0.29) is 0 Å². The fourth-order valence-corrected chi connectivity index (χ4v) is 0.924. The molecule has 0 aromatic rings. The fraction of sp³-hybridized carbons (Fsp3) is 0.857. The molecule has 0 aliphatic heterocycles. The molecule has 12 heavy (non-hydrogen) atoms. The molecule has 0 spiro atoms. The maximum absolute atomic E-state index is 8.16. The van der Waals surface area contributed by atoms with E-state index in [9.17, 15) is 0 Å². The number of thiocyanates is 1. The van der Waals surface area contributed by atoms with Crippen molar-refractivity contribution in [2.75, 3.05) is 38.1 Å². The van der Waals surface area contributed by atoms with Crippen molar-refractivity contribution in [2.24, 2.45) is 0 Å². The Balaban J connectivity index is 2.78. The number of halogens is 1. The summed E-state index contributed by atoms with van der Waals surface area (Å²) in [4.78, 5) is 0. The number of alkyl halides is 1. The topological polar surface area (TPSA) is 42.2 Å². The first-order valence-electron chi connectivity index (χ1n) is 3.64. The maximum Gasteiger partial charge on any atom is 0.133 e. The van der Waals surface area contributed by atoms with Crippen LogP contribution >= 0.6 is 23.4 Å². The summed E-state index contributed by atoms with van der Waals surface area (Å²) in [6.07, 6.45) is 0. The van der Waals surface area contributed by atoms with Gasteiger partial charge in [0, 0.05) is 11.6 Å². The van der Waals surface area contributed by atoms with E-state index in [0.29, 0.717) is 38.1 Å². The number of ether oxygens (including phenoxy) is 2. The van der Waals surface area contributed by atoms with Crippen LogP contribution in [0.25, 0.3) is 0 Å². The number of rotatable bonds is 8. The quantitative estimate of drug-likeness (QED) is 0.345. The van der Waals surface area contributed by atoms with Crippen LogP contribution in [0.4, 0.5) is 0 Å². The minimum Gasteiger partial charge on any atom is -0.378 e. The molecule has 0 aliphatic rings. The van der Waals surface area contributed by atoms with Crippen LogP contribution in [0.1, 0.15) is 0 Å². The maximum atomic E-state index is 8.16. The third kappa shape index (κ3) is 10.0. The zero-order valence-corrected chi connectivity index (χ0v) is 8.36. The van der Waals surface area contributed by atoms with E-state index in [2.05, 4.69) is 0 Å². The first-order chi connectivity index (χ1) is 5.91. The van der Waals surface area contributed by atoms with Gasteiger partial charge in [-0.25, -0.2) is 0 Å². The Morgan fingerprint density at radius 1 is 1.17 bits per heavy atom. The van der Waals surface area contributed by atoms with Crippen LogP contribution in [0.15, 0.2) is 0 Å². The molecule has 5 heteroatoms. The molecule has 0 heterocycles. The van der Waals surface area contributed by atoms with Gasteiger partial charge in [0.1, 0.15) is 5.40 Å². The standard InChI is InChI=1S/C7H12ClNO2S/c8-1-2-10-3-4-11-5-6-12-7-9/h1-6H2. The van der Waals surface area contributed by atoms with E-state index in [4.69, 9.17) is 26.3 Å². The molecule has 0 radical (unpaired) electrons. The lowest BCUT2D eigenvalue weighted by atomic mass is 10.7. The van der Waals surface area contributed by atoms with Crippen LogP contribution < -0.4 is 0 Å². The molecule has 0 saturated heterocycles. The first-order valence-corrected chi connectivity index (χ1v) is 5.16. The van der Waals surface area contributed by atoms with Crippen molar-refractivity contribution in [3.63, 3.8) is 0 Å². The molecule has 0 amide bonds. The molecule has 0 rings (SSSR count). The molecule has 0 aromatic carbocycles. The molecule has 0 aliphatic carbocycles. The van der Waals surface area contributed by atoms with E-state index >= 15 is 0 Å². The summed E-state index contributed by atoms with van der Waals surface area (Å²) in [5, 5.41) is 10.1. The third-order valence-electron chi connectivity index (χ3n) is 0.988. The molecule has 0 atom stereocenters. The van der Waals surface area contributed by atoms with Crippen LogP contribution in [-0.4, -0.2) is 38.1 Å². The Hall–Kier alpha value is 0.0500. The summed E-state index contributed by atoms with van der Waals surface area (Å²) in [6.45, 7) is 2.31. The lowest BCUT2D eigenvalue weighted by Gasteiger charge is -2.02. The molecular weight excluding hydrogens is 198 g/mol. The van der Waals surface area contributed by atoms with Crippen molar-refractivity contribution in [1.82, 2.24) is 0 Å². The average Bonchev–Trinajstić information content (AvgIpc) is 2.10. The first kappa shape index (κ1) is 12.0. The lowest BCUT2D eigenvalue weighted by molar-refractivity contribution is 0.0602. The number of nitrogens with zero attached hydrogens (tertiary/aromatic N) is 1. The third-order valence-corrected chi connectivity index (χ3v) is 1.64. The highest BCUT2D eigenvalue weighted by molar-refractivity contribution is 8.03. The lowest BCUT2D eigenvalue weighted by Crippen LogP contribution is -2.07. The summed E-state index contributed by atoms with van der Waals surface area (Å²) >= 11 is 6.57. The summed E-state index contributed by atoms with van der Waals surface area (Å²) in [5.74, 6) is 1.23. The van der Waals surface area contributed by atoms with Gasteiger partial charge in [-0.15, -0.1) is 11.6 Å². The zero-order chi connectivity index (χ0) is 9.07. The molecule has 0 fully saturated rings. The van der Waals surface area contributed by atoms with Crippen LogP contribution in [0.3, 0.4) is 0 Å². The smallest absolute Gasteiger partial charge is 0.133 e. The van der Waals surface area contributed by atoms with Crippen LogP contribution in [0, 0.1) is 10.7 Å². The van der Waals surface area contributed by atoms with Gasteiger partial charge in [0.2, 0.25) is 0 Å². The van der Waals surface area contributed by atoms with Crippen molar-refractivity contribution in [3.8, 4) is 5.40 Å². The molecule has 0 bridgehead atoms. The zero-order valence-electron chi connectivity index (χ0n) is 6.79. The number of nitriles is 1. The van der Waals surface area contributed by atoms with Crippen molar-refractivity contribution >= 4 is 23.4 Å². The van der Waals surface area contributed by atoms with Gasteiger partial charge < -0.3 is 9.47 Å². The second-order valence-corrected chi connectivity index (χ2v) is 3.11. The van der Waals surface area contributed by atoms with Gasteiger partial charge in [-0.3, -0.25) is 0 Å². The Kier molecular flexibility index (Phi) is 11.1. The van der Waals surface area contributed by atoms with Gasteiger partial charge in [-0.1, -0.05) is 0 Å². The summed E-state index contributed by atoms with van der Waals surface area (Å²) in [7, 11) is 0. The Morgan fingerprint density at radius 2 is 1.83 bits per heavy atom. The summed E-state index contributed by atoms with van der Waals surface area (Å²) in [6, 6.07) is 0. The van der Waals surface area contributed by atoms with E-state index in [1.165, 1.54) is 11.8 Å². The van der Waals surface area contributed by atoms with Gasteiger partial charge in [0.05, 0.1) is 26.4 Å². The monoisotopic (exact) mass is 209 g/mol. The van der Waals surface area contributed by atoms with E-state index in [0.717, 1.165) is 0 Å². The van der Waals surface area contributed by atoms with Gasteiger partial charge >= 0.3 is 0 Å². The minimum atomic E-state index is 0.518. The summed E-state index contributed by atoms with van der Waals surface area (Å²) < 4.78 is 10.2. The Labute approximate surface area is 82.0 Å². The molecule has 0 saturated carbocycles. The molecule has 0 unspecified atom stereocenters. The highest BCUT2D eigenvalue weighted by Crippen LogP contribution is 1.94. The molecule has 0 N–H and O–H groups in total. The molecule has 70 valence electrons. The van der Waals surface area contributed by atoms with Gasteiger partial charge in [-0.2, -0.15) is 5.26 Å². The van der Waals surface area contributed by atoms with E-state index < -0.39 is 0 Å².